The van der Waals surface area contributed by atoms with Crippen LogP contribution in [0.1, 0.15) is 55.3 Å². The molecule has 0 amide bonds. The third kappa shape index (κ3) is 3.62. The quantitative estimate of drug-likeness (QED) is 0.848. The molecule has 0 heterocycles. The van der Waals surface area contributed by atoms with Crippen LogP contribution < -0.4 is 5.32 Å². The van der Waals surface area contributed by atoms with Gasteiger partial charge in [0, 0.05) is 18.6 Å². The van der Waals surface area contributed by atoms with Crippen molar-refractivity contribution in [1.29, 1.82) is 0 Å². The smallest absolute Gasteiger partial charge is 0.0447 e. The van der Waals surface area contributed by atoms with Gasteiger partial charge in [-0.3, -0.25) is 4.90 Å². The van der Waals surface area contributed by atoms with Gasteiger partial charge in [0.1, 0.15) is 0 Å². The van der Waals surface area contributed by atoms with Crippen LogP contribution in [0.15, 0.2) is 18.2 Å². The van der Waals surface area contributed by atoms with Crippen molar-refractivity contribution in [3.63, 3.8) is 0 Å². The van der Waals surface area contributed by atoms with E-state index < -0.39 is 0 Å². The Balaban J connectivity index is 2.08. The van der Waals surface area contributed by atoms with Gasteiger partial charge >= 0.3 is 0 Å². The molecule has 1 aromatic rings. The fourth-order valence-electron chi connectivity index (χ4n) is 3.39. The summed E-state index contributed by atoms with van der Waals surface area (Å²) in [4.78, 5) is 2.67. The third-order valence-corrected chi connectivity index (χ3v) is 4.95. The highest BCUT2D eigenvalue weighted by atomic mass is 15.2. The number of hydrogen-bond acceptors (Lipinski definition) is 2. The molecule has 1 fully saturated rings. The van der Waals surface area contributed by atoms with Crippen molar-refractivity contribution in [2.24, 2.45) is 0 Å². The van der Waals surface area contributed by atoms with Crippen molar-refractivity contribution in [1.82, 2.24) is 10.2 Å². The molecule has 0 aliphatic heterocycles. The molecule has 2 heteroatoms. The molecule has 2 rings (SSSR count). The van der Waals surface area contributed by atoms with E-state index in [4.69, 9.17) is 0 Å². The molecule has 1 N–H and O–H groups in total. The highest BCUT2D eigenvalue weighted by Crippen LogP contribution is 2.26. The number of aryl methyl sites for hydroxylation is 2. The van der Waals surface area contributed by atoms with Crippen molar-refractivity contribution in [2.45, 2.75) is 58.5 Å². The summed E-state index contributed by atoms with van der Waals surface area (Å²) < 4.78 is 0. The molecule has 112 valence electrons. The van der Waals surface area contributed by atoms with E-state index in [-0.39, 0.29) is 0 Å². The predicted molar refractivity (Wildman–Crippen MR) is 87.2 cm³/mol. The summed E-state index contributed by atoms with van der Waals surface area (Å²) in [5.41, 5.74) is 4.20. The van der Waals surface area contributed by atoms with Gasteiger partial charge in [-0.15, -0.1) is 0 Å². The molecule has 1 aliphatic rings. The lowest BCUT2D eigenvalue weighted by Crippen LogP contribution is -2.39. The van der Waals surface area contributed by atoms with Gasteiger partial charge in [0.05, 0.1) is 0 Å². The molecule has 2 nitrogen and oxygen atoms in total. The minimum absolute atomic E-state index is 0.440. The maximum atomic E-state index is 3.51. The highest BCUT2D eigenvalue weighted by molar-refractivity contribution is 5.31. The zero-order valence-electron chi connectivity index (χ0n) is 13.6. The fourth-order valence-corrected chi connectivity index (χ4v) is 3.39. The van der Waals surface area contributed by atoms with Gasteiger partial charge in [-0.1, -0.05) is 38.0 Å². The standard InChI is InChI=1S/C18H30N2/c1-5-20(17-8-6-7-9-17)13-18(19-4)16-11-10-14(2)15(3)12-16/h10-12,17-19H,5-9,13H2,1-4H3. The van der Waals surface area contributed by atoms with Crippen molar-refractivity contribution in [2.75, 3.05) is 20.1 Å². The lowest BCUT2D eigenvalue weighted by Gasteiger charge is -2.31. The maximum Gasteiger partial charge on any atom is 0.0447 e. The van der Waals surface area contributed by atoms with Gasteiger partial charge in [0.15, 0.2) is 0 Å². The third-order valence-electron chi connectivity index (χ3n) is 4.95. The molecule has 1 atom stereocenters. The molecule has 0 saturated heterocycles. The van der Waals surface area contributed by atoms with E-state index in [0.717, 1.165) is 19.1 Å². The first-order chi connectivity index (χ1) is 9.65. The summed E-state index contributed by atoms with van der Waals surface area (Å²) in [5, 5.41) is 3.51. The Morgan fingerprint density at radius 3 is 2.45 bits per heavy atom. The van der Waals surface area contributed by atoms with Crippen LogP contribution >= 0.6 is 0 Å². The van der Waals surface area contributed by atoms with E-state index >= 15 is 0 Å². The fraction of sp³-hybridized carbons (Fsp3) is 0.667. The zero-order chi connectivity index (χ0) is 14.5. The second-order valence-electron chi connectivity index (χ2n) is 6.21. The monoisotopic (exact) mass is 274 g/mol. The van der Waals surface area contributed by atoms with Crippen molar-refractivity contribution >= 4 is 0 Å². The van der Waals surface area contributed by atoms with Gasteiger partial charge in [0.25, 0.3) is 0 Å². The highest BCUT2D eigenvalue weighted by Gasteiger charge is 2.24. The average Bonchev–Trinajstić information content (AvgIpc) is 2.97. The summed E-state index contributed by atoms with van der Waals surface area (Å²) in [7, 11) is 2.09. The van der Waals surface area contributed by atoms with Crippen LogP contribution in [0.3, 0.4) is 0 Å². The van der Waals surface area contributed by atoms with Crippen LogP contribution in [-0.2, 0) is 0 Å². The Bertz CT molecular complexity index is 421. The molecule has 0 bridgehead atoms. The average molecular weight is 274 g/mol. The number of nitrogens with one attached hydrogen (secondary N) is 1. The Kier molecular flexibility index (Phi) is 5.62. The summed E-state index contributed by atoms with van der Waals surface area (Å²) >= 11 is 0. The zero-order valence-corrected chi connectivity index (χ0v) is 13.6. The number of hydrogen-bond donors (Lipinski definition) is 1. The first-order valence-corrected chi connectivity index (χ1v) is 8.14. The second-order valence-corrected chi connectivity index (χ2v) is 6.21. The van der Waals surface area contributed by atoms with Gasteiger partial charge in [0.2, 0.25) is 0 Å². The number of likely N-dealkylation sites (N-methyl/N-ethyl adjacent to an activating group) is 2. The molecular formula is C18H30N2. The lowest BCUT2D eigenvalue weighted by molar-refractivity contribution is 0.189. The van der Waals surface area contributed by atoms with Crippen LogP contribution in [0.4, 0.5) is 0 Å². The Labute approximate surface area is 124 Å². The summed E-state index contributed by atoms with van der Waals surface area (Å²) in [6.07, 6.45) is 5.60. The molecule has 20 heavy (non-hydrogen) atoms. The molecule has 1 aromatic carbocycles. The first-order valence-electron chi connectivity index (χ1n) is 8.14. The normalized spacial score (nSPS) is 17.9. The molecule has 0 radical (unpaired) electrons. The molecule has 1 saturated carbocycles. The minimum Gasteiger partial charge on any atom is -0.312 e. The first kappa shape index (κ1) is 15.5. The van der Waals surface area contributed by atoms with Gasteiger partial charge in [-0.25, -0.2) is 0 Å². The van der Waals surface area contributed by atoms with Crippen LogP contribution in [0.2, 0.25) is 0 Å². The number of nitrogens with zero attached hydrogens (tertiary/aromatic N) is 1. The Morgan fingerprint density at radius 2 is 1.90 bits per heavy atom. The summed E-state index contributed by atoms with van der Waals surface area (Å²) in [5.74, 6) is 0. The van der Waals surface area contributed by atoms with Crippen LogP contribution in [0.5, 0.6) is 0 Å². The Morgan fingerprint density at radius 1 is 1.20 bits per heavy atom. The SMILES string of the molecule is CCN(CC(NC)c1ccc(C)c(C)c1)C1CCCC1. The summed E-state index contributed by atoms with van der Waals surface area (Å²) in [6.45, 7) is 8.98. The number of rotatable bonds is 6. The molecule has 1 unspecified atom stereocenters. The van der Waals surface area contributed by atoms with Crippen LogP contribution in [0.25, 0.3) is 0 Å². The number of benzene rings is 1. The molecule has 0 spiro atoms. The van der Waals surface area contributed by atoms with Crippen molar-refractivity contribution < 1.29 is 0 Å². The minimum atomic E-state index is 0.440. The molecular weight excluding hydrogens is 244 g/mol. The van der Waals surface area contributed by atoms with Crippen molar-refractivity contribution in [3.8, 4) is 0 Å². The van der Waals surface area contributed by atoms with E-state index in [0.29, 0.717) is 6.04 Å². The lowest BCUT2D eigenvalue weighted by atomic mass is 10.00. The maximum absolute atomic E-state index is 3.51. The Hall–Kier alpha value is -0.860. The van der Waals surface area contributed by atoms with Gasteiger partial charge < -0.3 is 5.32 Å². The van der Waals surface area contributed by atoms with E-state index in [1.54, 1.807) is 0 Å². The van der Waals surface area contributed by atoms with Crippen LogP contribution in [0, 0.1) is 13.8 Å². The predicted octanol–water partition coefficient (Wildman–Crippen LogP) is 3.83. The van der Waals surface area contributed by atoms with Crippen molar-refractivity contribution in [3.05, 3.63) is 34.9 Å². The van der Waals surface area contributed by atoms with Gasteiger partial charge in [-0.2, -0.15) is 0 Å². The topological polar surface area (TPSA) is 15.3 Å². The molecule has 0 aromatic heterocycles. The second kappa shape index (κ2) is 7.24. The van der Waals surface area contributed by atoms with Crippen LogP contribution in [-0.4, -0.2) is 31.1 Å². The van der Waals surface area contributed by atoms with Gasteiger partial charge in [-0.05, 0) is 57.0 Å². The van der Waals surface area contributed by atoms with E-state index in [9.17, 15) is 0 Å². The largest absolute Gasteiger partial charge is 0.312 e. The summed E-state index contributed by atoms with van der Waals surface area (Å²) in [6, 6.07) is 8.13. The molecule has 1 aliphatic carbocycles. The van der Waals surface area contributed by atoms with E-state index in [2.05, 4.69) is 56.2 Å². The van der Waals surface area contributed by atoms with E-state index in [1.165, 1.54) is 42.4 Å². The van der Waals surface area contributed by atoms with E-state index in [1.807, 2.05) is 0 Å².